The fourth-order valence-corrected chi connectivity index (χ4v) is 4.84. The van der Waals surface area contributed by atoms with Crippen LogP contribution in [0.4, 0.5) is 0 Å². The molecule has 0 saturated carbocycles. The molecule has 0 aliphatic carbocycles. The molecule has 2 unspecified atom stereocenters. The monoisotopic (exact) mass is 576 g/mol. The zero-order valence-corrected chi connectivity index (χ0v) is 19.5. The van der Waals surface area contributed by atoms with Gasteiger partial charge in [-0.3, -0.25) is 4.79 Å². The Morgan fingerprint density at radius 1 is 1.12 bits per heavy atom. The lowest BCUT2D eigenvalue weighted by molar-refractivity contribution is -0.121. The van der Waals surface area contributed by atoms with E-state index in [1.807, 2.05) is 46.9 Å². The van der Waals surface area contributed by atoms with E-state index in [9.17, 15) is 4.79 Å². The standard InChI is InChI=1S/C21H26I2N2O/c1-3-14-20(2,17-12-8-5-9-13-17)21(23,25-19(26)18(22)24)15-16-10-6-4-7-11-16/h4-13,18H,3,14-15,24H2,1-2H3,(H,25,26)/t18?,20-,21?/m0/s1. The normalized spacial score (nSPS) is 17.0. The number of hydrogen-bond donors (Lipinski definition) is 2. The maximum atomic E-state index is 12.6. The number of nitrogens with two attached hydrogens (primary N) is 1. The van der Waals surface area contributed by atoms with E-state index in [2.05, 4.69) is 78.2 Å². The molecule has 3 nitrogen and oxygen atoms in total. The minimum atomic E-state index is -0.570. The van der Waals surface area contributed by atoms with Crippen LogP contribution in [0.15, 0.2) is 60.7 Å². The third kappa shape index (κ3) is 4.98. The van der Waals surface area contributed by atoms with Crippen LogP contribution in [0.5, 0.6) is 0 Å². The topological polar surface area (TPSA) is 55.1 Å². The van der Waals surface area contributed by atoms with Gasteiger partial charge < -0.3 is 11.1 Å². The van der Waals surface area contributed by atoms with Crippen LogP contribution in [0, 0.1) is 0 Å². The number of benzene rings is 2. The molecule has 0 radical (unpaired) electrons. The number of carbonyl (C=O) groups excluding carboxylic acids is 1. The molecule has 0 aliphatic rings. The van der Waals surface area contributed by atoms with Crippen molar-refractivity contribution in [3.05, 3.63) is 71.8 Å². The molecule has 5 heteroatoms. The van der Waals surface area contributed by atoms with Gasteiger partial charge in [0.15, 0.2) is 0 Å². The summed E-state index contributed by atoms with van der Waals surface area (Å²) in [5.74, 6) is -0.130. The van der Waals surface area contributed by atoms with E-state index in [-0.39, 0.29) is 11.3 Å². The summed E-state index contributed by atoms with van der Waals surface area (Å²) in [5.41, 5.74) is 8.06. The first-order valence-corrected chi connectivity index (χ1v) is 11.1. The van der Waals surface area contributed by atoms with Crippen LogP contribution in [0.1, 0.15) is 37.8 Å². The Labute approximate surface area is 183 Å². The Morgan fingerprint density at radius 2 is 1.65 bits per heavy atom. The second kappa shape index (κ2) is 9.50. The van der Waals surface area contributed by atoms with Gasteiger partial charge in [0.1, 0.15) is 7.59 Å². The number of nitrogens with one attached hydrogen (secondary N) is 1. The van der Waals surface area contributed by atoms with E-state index in [4.69, 9.17) is 5.73 Å². The molecular weight excluding hydrogens is 550 g/mol. The molecule has 0 spiro atoms. The SMILES string of the molecule is CCC[C@@](C)(c1ccccc1)C(I)(Cc1ccccc1)NC(=O)C(N)I. The van der Waals surface area contributed by atoms with Crippen molar-refractivity contribution in [3.8, 4) is 0 Å². The van der Waals surface area contributed by atoms with Gasteiger partial charge in [0.25, 0.3) is 0 Å². The molecule has 26 heavy (non-hydrogen) atoms. The van der Waals surface area contributed by atoms with E-state index >= 15 is 0 Å². The average molecular weight is 576 g/mol. The first kappa shape index (κ1) is 21.6. The highest BCUT2D eigenvalue weighted by molar-refractivity contribution is 14.1. The average Bonchev–Trinajstić information content (AvgIpc) is 2.63. The molecular formula is C21H26I2N2O. The van der Waals surface area contributed by atoms with Crippen LogP contribution < -0.4 is 11.1 Å². The van der Waals surface area contributed by atoms with Crippen molar-refractivity contribution < 1.29 is 4.79 Å². The van der Waals surface area contributed by atoms with E-state index < -0.39 is 7.59 Å². The highest BCUT2D eigenvalue weighted by atomic mass is 127. The van der Waals surface area contributed by atoms with Crippen molar-refractivity contribution in [3.63, 3.8) is 0 Å². The fraction of sp³-hybridized carbons (Fsp3) is 0.381. The predicted molar refractivity (Wildman–Crippen MR) is 126 cm³/mol. The van der Waals surface area contributed by atoms with Crippen LogP contribution in [0.3, 0.4) is 0 Å². The van der Waals surface area contributed by atoms with Gasteiger partial charge in [0, 0.05) is 11.8 Å². The Hall–Kier alpha value is -0.670. The first-order chi connectivity index (χ1) is 12.3. The Morgan fingerprint density at radius 3 is 2.15 bits per heavy atom. The molecule has 1 amide bonds. The van der Waals surface area contributed by atoms with E-state index in [1.165, 1.54) is 11.1 Å². The van der Waals surface area contributed by atoms with Crippen LogP contribution in [-0.2, 0) is 16.6 Å². The largest absolute Gasteiger partial charge is 0.338 e. The van der Waals surface area contributed by atoms with Crippen molar-refractivity contribution in [2.45, 2.75) is 46.1 Å². The molecule has 2 aromatic carbocycles. The van der Waals surface area contributed by atoms with Crippen molar-refractivity contribution in [2.24, 2.45) is 5.73 Å². The first-order valence-electron chi connectivity index (χ1n) is 8.82. The van der Waals surface area contributed by atoms with Gasteiger partial charge in [0.05, 0.1) is 0 Å². The summed E-state index contributed by atoms with van der Waals surface area (Å²) in [4.78, 5) is 12.6. The number of halogens is 2. The highest BCUT2D eigenvalue weighted by Gasteiger charge is 2.48. The van der Waals surface area contributed by atoms with Crippen LogP contribution in [0.25, 0.3) is 0 Å². The lowest BCUT2D eigenvalue weighted by Gasteiger charge is -2.46. The lowest BCUT2D eigenvalue weighted by Crippen LogP contribution is -2.60. The number of hydrogen-bond acceptors (Lipinski definition) is 2. The van der Waals surface area contributed by atoms with Gasteiger partial charge in [-0.25, -0.2) is 0 Å². The molecule has 3 atom stereocenters. The molecule has 0 saturated heterocycles. The van der Waals surface area contributed by atoms with Crippen molar-refractivity contribution in [2.75, 3.05) is 0 Å². The number of carbonyl (C=O) groups is 1. The molecule has 0 heterocycles. The minimum Gasteiger partial charge on any atom is -0.338 e. The fourth-order valence-electron chi connectivity index (χ4n) is 3.40. The second-order valence-electron chi connectivity index (χ2n) is 6.80. The van der Waals surface area contributed by atoms with Gasteiger partial charge in [-0.1, -0.05) is 126 Å². The summed E-state index contributed by atoms with van der Waals surface area (Å²) in [6.07, 6.45) is 2.72. The molecule has 3 N–H and O–H groups in total. The Balaban J connectivity index is 2.53. The van der Waals surface area contributed by atoms with Gasteiger partial charge in [0.2, 0.25) is 5.91 Å². The molecule has 0 bridgehead atoms. The van der Waals surface area contributed by atoms with Gasteiger partial charge in [-0.15, -0.1) is 0 Å². The number of rotatable bonds is 8. The smallest absolute Gasteiger partial charge is 0.248 e. The molecule has 0 fully saturated rings. The van der Waals surface area contributed by atoms with Crippen LogP contribution >= 0.6 is 45.2 Å². The van der Waals surface area contributed by atoms with E-state index in [0.717, 1.165) is 19.3 Å². The summed E-state index contributed by atoms with van der Waals surface area (Å²) in [7, 11) is 0. The summed E-state index contributed by atoms with van der Waals surface area (Å²) in [5, 5.41) is 3.28. The van der Waals surface area contributed by atoms with E-state index in [1.54, 1.807) is 0 Å². The number of alkyl halides is 2. The summed E-state index contributed by atoms with van der Waals surface area (Å²) in [6.45, 7) is 4.44. The third-order valence-corrected chi connectivity index (χ3v) is 7.31. The zero-order valence-electron chi connectivity index (χ0n) is 15.2. The summed E-state index contributed by atoms with van der Waals surface area (Å²) < 4.78 is -1.07. The maximum Gasteiger partial charge on any atom is 0.248 e. The molecule has 0 aromatic heterocycles. The van der Waals surface area contributed by atoms with Gasteiger partial charge in [-0.2, -0.15) is 0 Å². The van der Waals surface area contributed by atoms with Crippen LogP contribution in [0.2, 0.25) is 0 Å². The molecule has 2 aromatic rings. The lowest BCUT2D eigenvalue weighted by atomic mass is 9.70. The predicted octanol–water partition coefficient (Wildman–Crippen LogP) is 4.95. The van der Waals surface area contributed by atoms with Gasteiger partial charge in [-0.05, 0) is 17.5 Å². The van der Waals surface area contributed by atoms with Crippen molar-refractivity contribution in [1.29, 1.82) is 0 Å². The van der Waals surface area contributed by atoms with Crippen molar-refractivity contribution >= 4 is 51.1 Å². The molecule has 0 aliphatic heterocycles. The highest BCUT2D eigenvalue weighted by Crippen LogP contribution is 2.45. The maximum absolute atomic E-state index is 12.6. The Bertz CT molecular complexity index is 708. The minimum absolute atomic E-state index is 0.130. The molecule has 140 valence electrons. The van der Waals surface area contributed by atoms with E-state index in [0.29, 0.717) is 0 Å². The Kier molecular flexibility index (Phi) is 7.90. The van der Waals surface area contributed by atoms with Crippen molar-refractivity contribution in [1.82, 2.24) is 5.32 Å². The van der Waals surface area contributed by atoms with Crippen LogP contribution in [-0.4, -0.2) is 13.5 Å². The van der Waals surface area contributed by atoms with Gasteiger partial charge >= 0.3 is 0 Å². The third-order valence-electron chi connectivity index (χ3n) is 4.90. The second-order valence-corrected chi connectivity index (χ2v) is 9.99. The summed E-state index contributed by atoms with van der Waals surface area (Å²) >= 11 is 4.41. The summed E-state index contributed by atoms with van der Waals surface area (Å²) in [6, 6.07) is 20.8. The number of amides is 1. The molecule has 2 rings (SSSR count). The zero-order chi connectivity index (χ0) is 19.2. The quantitative estimate of drug-likeness (QED) is 0.266.